The maximum atomic E-state index is 11.6. The van der Waals surface area contributed by atoms with Crippen LogP contribution in [0.15, 0.2) is 22.9 Å². The Labute approximate surface area is 112 Å². The van der Waals surface area contributed by atoms with Gasteiger partial charge in [0.2, 0.25) is 11.7 Å². The van der Waals surface area contributed by atoms with Crippen LogP contribution < -0.4 is 0 Å². The smallest absolute Gasteiger partial charge is 0.237 e. The van der Waals surface area contributed by atoms with Gasteiger partial charge in [-0.15, -0.1) is 0 Å². The second-order valence-electron chi connectivity index (χ2n) is 5.01. The summed E-state index contributed by atoms with van der Waals surface area (Å²) in [6, 6.07) is 3.78. The van der Waals surface area contributed by atoms with Gasteiger partial charge in [-0.1, -0.05) is 19.0 Å². The molecule has 0 amide bonds. The SMILES string of the molecule is CC(=O)C(c1nc(-c2cc(C)ccn2)no1)C(C)C. The molecule has 0 radical (unpaired) electrons. The average molecular weight is 259 g/mol. The van der Waals surface area contributed by atoms with Gasteiger partial charge in [-0.05, 0) is 37.5 Å². The molecule has 0 aliphatic heterocycles. The lowest BCUT2D eigenvalue weighted by Crippen LogP contribution is -2.15. The van der Waals surface area contributed by atoms with Crippen molar-refractivity contribution in [3.8, 4) is 11.5 Å². The quantitative estimate of drug-likeness (QED) is 0.844. The lowest BCUT2D eigenvalue weighted by Gasteiger charge is -2.12. The lowest BCUT2D eigenvalue weighted by atomic mass is 9.92. The first kappa shape index (κ1) is 13.4. The number of carbonyl (C=O) groups excluding carboxylic acids is 1. The molecule has 2 aromatic rings. The Morgan fingerprint density at radius 3 is 2.68 bits per heavy atom. The van der Waals surface area contributed by atoms with E-state index in [-0.39, 0.29) is 17.6 Å². The van der Waals surface area contributed by atoms with E-state index in [1.807, 2.05) is 32.9 Å². The summed E-state index contributed by atoms with van der Waals surface area (Å²) >= 11 is 0. The van der Waals surface area contributed by atoms with Gasteiger partial charge in [-0.3, -0.25) is 9.78 Å². The highest BCUT2D eigenvalue weighted by Crippen LogP contribution is 2.25. The molecule has 1 atom stereocenters. The Kier molecular flexibility index (Phi) is 3.74. The van der Waals surface area contributed by atoms with E-state index < -0.39 is 0 Å². The summed E-state index contributed by atoms with van der Waals surface area (Å²) in [6.07, 6.45) is 1.70. The van der Waals surface area contributed by atoms with Crippen molar-refractivity contribution in [3.05, 3.63) is 29.8 Å². The van der Waals surface area contributed by atoms with Gasteiger partial charge in [0.15, 0.2) is 0 Å². The third-order valence-electron chi connectivity index (χ3n) is 2.96. The van der Waals surface area contributed by atoms with Crippen molar-refractivity contribution in [2.75, 3.05) is 0 Å². The molecule has 19 heavy (non-hydrogen) atoms. The summed E-state index contributed by atoms with van der Waals surface area (Å²) in [6.45, 7) is 7.43. The normalized spacial score (nSPS) is 12.7. The van der Waals surface area contributed by atoms with E-state index in [2.05, 4.69) is 15.1 Å². The van der Waals surface area contributed by atoms with Crippen LogP contribution in [0, 0.1) is 12.8 Å². The molecule has 0 spiro atoms. The number of rotatable bonds is 4. The number of aryl methyl sites for hydroxylation is 1. The van der Waals surface area contributed by atoms with Crippen molar-refractivity contribution in [1.29, 1.82) is 0 Å². The van der Waals surface area contributed by atoms with Crippen molar-refractivity contribution in [2.45, 2.75) is 33.6 Å². The van der Waals surface area contributed by atoms with E-state index in [1.165, 1.54) is 0 Å². The van der Waals surface area contributed by atoms with Crippen LogP contribution in [-0.4, -0.2) is 20.9 Å². The number of aromatic nitrogens is 3. The van der Waals surface area contributed by atoms with Crippen LogP contribution in [0.5, 0.6) is 0 Å². The average Bonchev–Trinajstić information content (AvgIpc) is 2.77. The molecule has 2 aromatic heterocycles. The maximum Gasteiger partial charge on any atom is 0.237 e. The summed E-state index contributed by atoms with van der Waals surface area (Å²) in [5.74, 6) is 0.580. The van der Waals surface area contributed by atoms with Crippen LogP contribution in [-0.2, 0) is 4.79 Å². The molecule has 1 unspecified atom stereocenters. The Morgan fingerprint density at radius 2 is 2.11 bits per heavy atom. The van der Waals surface area contributed by atoms with E-state index in [1.54, 1.807) is 13.1 Å². The zero-order valence-corrected chi connectivity index (χ0v) is 11.5. The summed E-state index contributed by atoms with van der Waals surface area (Å²) in [4.78, 5) is 20.1. The van der Waals surface area contributed by atoms with Crippen LogP contribution in [0.2, 0.25) is 0 Å². The summed E-state index contributed by atoms with van der Waals surface area (Å²) < 4.78 is 5.22. The number of hydrogen-bond donors (Lipinski definition) is 0. The molecule has 0 aromatic carbocycles. The highest BCUT2D eigenvalue weighted by atomic mass is 16.5. The fraction of sp³-hybridized carbons (Fsp3) is 0.429. The van der Waals surface area contributed by atoms with Gasteiger partial charge in [-0.2, -0.15) is 4.98 Å². The van der Waals surface area contributed by atoms with Gasteiger partial charge in [-0.25, -0.2) is 0 Å². The maximum absolute atomic E-state index is 11.6. The van der Waals surface area contributed by atoms with Crippen LogP contribution in [0.3, 0.4) is 0 Å². The second kappa shape index (κ2) is 5.30. The minimum absolute atomic E-state index is 0.0300. The third-order valence-corrected chi connectivity index (χ3v) is 2.96. The van der Waals surface area contributed by atoms with Crippen LogP contribution >= 0.6 is 0 Å². The number of ketones is 1. The summed E-state index contributed by atoms with van der Waals surface area (Å²) in [5, 5.41) is 3.91. The number of pyridine rings is 1. The fourth-order valence-electron chi connectivity index (χ4n) is 2.05. The molecule has 2 rings (SSSR count). The molecule has 0 saturated heterocycles. The Balaban J connectivity index is 2.35. The molecule has 0 bridgehead atoms. The first-order valence-corrected chi connectivity index (χ1v) is 6.26. The van der Waals surface area contributed by atoms with E-state index in [0.29, 0.717) is 17.4 Å². The second-order valence-corrected chi connectivity index (χ2v) is 5.01. The highest BCUT2D eigenvalue weighted by molar-refractivity contribution is 5.82. The van der Waals surface area contributed by atoms with Crippen molar-refractivity contribution in [1.82, 2.24) is 15.1 Å². The Bertz CT molecular complexity index is 590. The zero-order valence-electron chi connectivity index (χ0n) is 11.5. The predicted molar refractivity (Wildman–Crippen MR) is 70.5 cm³/mol. The van der Waals surface area contributed by atoms with Gasteiger partial charge >= 0.3 is 0 Å². The van der Waals surface area contributed by atoms with Gasteiger partial charge in [0, 0.05) is 6.20 Å². The number of Topliss-reactive ketones (excluding diaryl/α,β-unsaturated/α-hetero) is 1. The molecule has 0 aliphatic carbocycles. The third kappa shape index (κ3) is 2.86. The molecule has 100 valence electrons. The van der Waals surface area contributed by atoms with Gasteiger partial charge < -0.3 is 4.52 Å². The molecule has 0 aliphatic rings. The van der Waals surface area contributed by atoms with Crippen LogP contribution in [0.4, 0.5) is 0 Å². The van der Waals surface area contributed by atoms with Gasteiger partial charge in [0.05, 0.1) is 5.92 Å². The molecule has 0 N–H and O–H groups in total. The first-order valence-electron chi connectivity index (χ1n) is 6.26. The molecule has 5 heteroatoms. The standard InChI is InChI=1S/C14H17N3O2/c1-8(2)12(10(4)18)14-16-13(17-19-14)11-7-9(3)5-6-15-11/h5-8,12H,1-4H3. The topological polar surface area (TPSA) is 68.9 Å². The Hall–Kier alpha value is -2.04. The number of hydrogen-bond acceptors (Lipinski definition) is 5. The van der Waals surface area contributed by atoms with Crippen molar-refractivity contribution < 1.29 is 9.32 Å². The largest absolute Gasteiger partial charge is 0.338 e. The minimum atomic E-state index is -0.356. The monoisotopic (exact) mass is 259 g/mol. The first-order chi connectivity index (χ1) is 8.99. The molecule has 0 fully saturated rings. The van der Waals surface area contributed by atoms with E-state index in [9.17, 15) is 4.79 Å². The zero-order chi connectivity index (χ0) is 14.0. The van der Waals surface area contributed by atoms with E-state index in [4.69, 9.17) is 4.52 Å². The highest BCUT2D eigenvalue weighted by Gasteiger charge is 2.27. The van der Waals surface area contributed by atoms with E-state index in [0.717, 1.165) is 5.56 Å². The van der Waals surface area contributed by atoms with Gasteiger partial charge in [0.1, 0.15) is 11.5 Å². The van der Waals surface area contributed by atoms with Gasteiger partial charge in [0.25, 0.3) is 0 Å². The van der Waals surface area contributed by atoms with E-state index >= 15 is 0 Å². The lowest BCUT2D eigenvalue weighted by molar-refractivity contribution is -0.119. The van der Waals surface area contributed by atoms with Crippen LogP contribution in [0.25, 0.3) is 11.5 Å². The molecular formula is C14H17N3O2. The number of nitrogens with zero attached hydrogens (tertiary/aromatic N) is 3. The minimum Gasteiger partial charge on any atom is -0.338 e. The van der Waals surface area contributed by atoms with Crippen molar-refractivity contribution >= 4 is 5.78 Å². The molecular weight excluding hydrogens is 242 g/mol. The molecule has 5 nitrogen and oxygen atoms in total. The van der Waals surface area contributed by atoms with Crippen molar-refractivity contribution in [2.24, 2.45) is 5.92 Å². The fourth-order valence-corrected chi connectivity index (χ4v) is 2.05. The van der Waals surface area contributed by atoms with Crippen LogP contribution in [0.1, 0.15) is 38.1 Å². The molecule has 2 heterocycles. The molecule has 0 saturated carbocycles. The van der Waals surface area contributed by atoms with Crippen molar-refractivity contribution in [3.63, 3.8) is 0 Å². The summed E-state index contributed by atoms with van der Waals surface area (Å²) in [7, 11) is 0. The predicted octanol–water partition coefficient (Wildman–Crippen LogP) is 2.77. The summed E-state index contributed by atoms with van der Waals surface area (Å²) in [5.41, 5.74) is 1.73. The Morgan fingerprint density at radius 1 is 1.37 bits per heavy atom. The number of carbonyl (C=O) groups is 1.